The molecule has 1 aliphatic rings. The van der Waals surface area contributed by atoms with Gasteiger partial charge in [-0.2, -0.15) is 13.2 Å². The zero-order chi connectivity index (χ0) is 18.3. The van der Waals surface area contributed by atoms with Gasteiger partial charge < -0.3 is 9.64 Å². The van der Waals surface area contributed by atoms with Crippen molar-refractivity contribution in [2.75, 3.05) is 18.0 Å². The molecule has 9 heteroatoms. The molecule has 0 N–H and O–H groups in total. The lowest BCUT2D eigenvalue weighted by molar-refractivity contribution is -0.136. The summed E-state index contributed by atoms with van der Waals surface area (Å²) >= 11 is 1.19. The number of hydrogen-bond acceptors (Lipinski definition) is 6. The van der Waals surface area contributed by atoms with Crippen LogP contribution in [0.15, 0.2) is 42.7 Å². The summed E-state index contributed by atoms with van der Waals surface area (Å²) in [6, 6.07) is 7.27. The van der Waals surface area contributed by atoms with Gasteiger partial charge in [-0.05, 0) is 24.3 Å². The van der Waals surface area contributed by atoms with Crippen LogP contribution in [0, 0.1) is 0 Å². The van der Waals surface area contributed by atoms with Crippen molar-refractivity contribution in [2.24, 2.45) is 0 Å². The fraction of sp³-hybridized carbons (Fsp3) is 0.235. The number of aromatic nitrogens is 2. The number of halogens is 3. The quantitative estimate of drug-likeness (QED) is 0.649. The Hall–Kier alpha value is -2.68. The van der Waals surface area contributed by atoms with Gasteiger partial charge in [-0.3, -0.25) is 4.98 Å². The first-order valence-corrected chi connectivity index (χ1v) is 8.56. The van der Waals surface area contributed by atoms with Crippen molar-refractivity contribution >= 4 is 32.7 Å². The fourth-order valence-electron chi connectivity index (χ4n) is 2.67. The van der Waals surface area contributed by atoms with Crippen molar-refractivity contribution in [1.29, 1.82) is 0 Å². The van der Waals surface area contributed by atoms with Gasteiger partial charge in [0.05, 0.1) is 34.4 Å². The normalized spacial score (nSPS) is 15.1. The molecule has 0 amide bonds. The maximum Gasteiger partial charge on any atom is 0.418 e. The number of pyridine rings is 1. The van der Waals surface area contributed by atoms with Crippen molar-refractivity contribution in [2.45, 2.75) is 12.3 Å². The van der Waals surface area contributed by atoms with E-state index >= 15 is 0 Å². The summed E-state index contributed by atoms with van der Waals surface area (Å²) in [5, 5.41) is 0.491. The molecule has 1 fully saturated rings. The first-order valence-electron chi connectivity index (χ1n) is 7.74. The third-order valence-electron chi connectivity index (χ3n) is 4.00. The van der Waals surface area contributed by atoms with Gasteiger partial charge in [-0.1, -0.05) is 17.4 Å². The standard InChI is InChI=1S/C17H12F3N3O2S/c18-17(19,20)12-4-1-5-13-14(12)22-16(26-13)23-8-11(9-23)25-15(24)10-3-2-6-21-7-10/h1-7,11H,8-9H2. The van der Waals surface area contributed by atoms with Gasteiger partial charge in [0, 0.05) is 12.4 Å². The number of fused-ring (bicyclic) bond motifs is 1. The summed E-state index contributed by atoms with van der Waals surface area (Å²) in [7, 11) is 0. The highest BCUT2D eigenvalue weighted by molar-refractivity contribution is 7.22. The molecule has 26 heavy (non-hydrogen) atoms. The molecular formula is C17H12F3N3O2S. The van der Waals surface area contributed by atoms with Gasteiger partial charge in [-0.15, -0.1) is 0 Å². The molecule has 3 heterocycles. The second-order valence-corrected chi connectivity index (χ2v) is 6.83. The molecule has 134 valence electrons. The van der Waals surface area contributed by atoms with Crippen LogP contribution in [0.4, 0.5) is 18.3 Å². The van der Waals surface area contributed by atoms with Crippen LogP contribution in [-0.2, 0) is 10.9 Å². The third-order valence-corrected chi connectivity index (χ3v) is 5.08. The van der Waals surface area contributed by atoms with E-state index in [-0.39, 0.29) is 11.6 Å². The number of thiazole rings is 1. The Morgan fingerprint density at radius 3 is 2.73 bits per heavy atom. The van der Waals surface area contributed by atoms with Crippen LogP contribution in [0.2, 0.25) is 0 Å². The SMILES string of the molecule is O=C(OC1CN(c2nc3c(C(F)(F)F)cccc3s2)C1)c1cccnc1. The molecule has 0 atom stereocenters. The maximum absolute atomic E-state index is 13.1. The molecular weight excluding hydrogens is 367 g/mol. The third kappa shape index (κ3) is 3.10. The lowest BCUT2D eigenvalue weighted by Crippen LogP contribution is -2.53. The van der Waals surface area contributed by atoms with Crippen LogP contribution in [0.25, 0.3) is 10.2 Å². The molecule has 1 aromatic carbocycles. The Morgan fingerprint density at radius 2 is 2.04 bits per heavy atom. The fourth-order valence-corrected chi connectivity index (χ4v) is 3.68. The molecule has 0 saturated carbocycles. The number of esters is 1. The smallest absolute Gasteiger partial charge is 0.418 e. The van der Waals surface area contributed by atoms with E-state index in [0.717, 1.165) is 6.07 Å². The monoisotopic (exact) mass is 379 g/mol. The lowest BCUT2D eigenvalue weighted by Gasteiger charge is -2.38. The highest BCUT2D eigenvalue weighted by Gasteiger charge is 2.36. The Bertz CT molecular complexity index is 953. The second kappa shape index (κ2) is 6.24. The Balaban J connectivity index is 1.45. The summed E-state index contributed by atoms with van der Waals surface area (Å²) < 4.78 is 45.1. The number of ether oxygens (including phenoxy) is 1. The van der Waals surface area contributed by atoms with Crippen molar-refractivity contribution in [3.05, 3.63) is 53.9 Å². The van der Waals surface area contributed by atoms with E-state index in [1.54, 1.807) is 29.3 Å². The zero-order valence-corrected chi connectivity index (χ0v) is 14.0. The van der Waals surface area contributed by atoms with Crippen molar-refractivity contribution < 1.29 is 22.7 Å². The Labute approximate surface area is 150 Å². The number of alkyl halides is 3. The predicted octanol–water partition coefficient (Wildman–Crippen LogP) is 3.76. The molecule has 0 unspecified atom stereocenters. The first-order chi connectivity index (χ1) is 12.4. The summed E-state index contributed by atoms with van der Waals surface area (Å²) in [6.07, 6.45) is -1.78. The van der Waals surface area contributed by atoms with E-state index in [2.05, 4.69) is 9.97 Å². The Kier molecular flexibility index (Phi) is 4.03. The number of carbonyl (C=O) groups excluding carboxylic acids is 1. The van der Waals surface area contributed by atoms with E-state index < -0.39 is 17.7 Å². The van der Waals surface area contributed by atoms with Gasteiger partial charge in [0.2, 0.25) is 0 Å². The molecule has 2 aromatic heterocycles. The molecule has 0 aliphatic carbocycles. The molecule has 1 saturated heterocycles. The Morgan fingerprint density at radius 1 is 1.23 bits per heavy atom. The number of carbonyl (C=O) groups is 1. The van der Waals surface area contributed by atoms with Gasteiger partial charge >= 0.3 is 12.1 Å². The van der Waals surface area contributed by atoms with Gasteiger partial charge in [0.15, 0.2) is 5.13 Å². The van der Waals surface area contributed by atoms with Crippen LogP contribution in [0.1, 0.15) is 15.9 Å². The number of anilines is 1. The minimum absolute atomic E-state index is 0.0456. The van der Waals surface area contributed by atoms with Crippen molar-refractivity contribution in [1.82, 2.24) is 9.97 Å². The largest absolute Gasteiger partial charge is 0.455 e. The summed E-state index contributed by atoms with van der Waals surface area (Å²) in [5.74, 6) is -0.466. The number of rotatable bonds is 3. The van der Waals surface area contributed by atoms with E-state index in [9.17, 15) is 18.0 Å². The van der Waals surface area contributed by atoms with Crippen LogP contribution in [0.3, 0.4) is 0 Å². The minimum Gasteiger partial charge on any atom is -0.455 e. The minimum atomic E-state index is -4.44. The number of benzene rings is 1. The van der Waals surface area contributed by atoms with Crippen LogP contribution in [-0.4, -0.2) is 35.1 Å². The van der Waals surface area contributed by atoms with Crippen LogP contribution < -0.4 is 4.90 Å². The van der Waals surface area contributed by atoms with Crippen molar-refractivity contribution in [3.8, 4) is 0 Å². The molecule has 1 aliphatic heterocycles. The maximum atomic E-state index is 13.1. The zero-order valence-electron chi connectivity index (χ0n) is 13.2. The topological polar surface area (TPSA) is 55.3 Å². The summed E-state index contributed by atoms with van der Waals surface area (Å²) in [4.78, 5) is 21.8. The average molecular weight is 379 g/mol. The molecule has 3 aromatic rings. The van der Waals surface area contributed by atoms with E-state index in [1.807, 2.05) is 0 Å². The van der Waals surface area contributed by atoms with Crippen LogP contribution in [0.5, 0.6) is 0 Å². The van der Waals surface area contributed by atoms with E-state index in [4.69, 9.17) is 4.74 Å². The molecule has 0 spiro atoms. The molecule has 4 rings (SSSR count). The second-order valence-electron chi connectivity index (χ2n) is 5.82. The van der Waals surface area contributed by atoms with E-state index in [1.165, 1.54) is 23.6 Å². The molecule has 5 nitrogen and oxygen atoms in total. The highest BCUT2D eigenvalue weighted by atomic mass is 32.1. The van der Waals surface area contributed by atoms with Crippen molar-refractivity contribution in [3.63, 3.8) is 0 Å². The van der Waals surface area contributed by atoms with Gasteiger partial charge in [-0.25, -0.2) is 9.78 Å². The first kappa shape index (κ1) is 16.8. The molecule has 0 bridgehead atoms. The van der Waals surface area contributed by atoms with Gasteiger partial charge in [0.1, 0.15) is 6.10 Å². The average Bonchev–Trinajstić information content (AvgIpc) is 3.00. The summed E-state index contributed by atoms with van der Waals surface area (Å²) in [6.45, 7) is 0.792. The van der Waals surface area contributed by atoms with E-state index in [0.29, 0.717) is 28.5 Å². The number of hydrogen-bond donors (Lipinski definition) is 0. The lowest BCUT2D eigenvalue weighted by atomic mass is 10.2. The highest BCUT2D eigenvalue weighted by Crippen LogP contribution is 2.39. The van der Waals surface area contributed by atoms with Crippen LogP contribution >= 0.6 is 11.3 Å². The number of nitrogens with zero attached hydrogens (tertiary/aromatic N) is 3. The molecule has 0 radical (unpaired) electrons. The predicted molar refractivity (Wildman–Crippen MR) is 90.3 cm³/mol. The van der Waals surface area contributed by atoms with Gasteiger partial charge in [0.25, 0.3) is 0 Å². The number of para-hydroxylation sites is 1. The summed E-state index contributed by atoms with van der Waals surface area (Å²) in [5.41, 5.74) is -0.422.